The van der Waals surface area contributed by atoms with E-state index in [9.17, 15) is 5.21 Å². The van der Waals surface area contributed by atoms with Gasteiger partial charge in [-0.25, -0.2) is 5.32 Å². The van der Waals surface area contributed by atoms with Crippen molar-refractivity contribution in [3.63, 3.8) is 0 Å². The van der Waals surface area contributed by atoms with Gasteiger partial charge in [-0.15, -0.1) is 0 Å². The molecule has 0 saturated carbocycles. The molecule has 3 N–H and O–H groups in total. The maximum Gasteiger partial charge on any atom is 0.137 e. The fourth-order valence-electron chi connectivity index (χ4n) is 0.531. The Kier molecular flexibility index (Phi) is 1.59. The van der Waals surface area contributed by atoms with Crippen LogP contribution in [0.3, 0.4) is 0 Å². The SMILES string of the molecule is [O-][NH+]1C=CC(O)NC1. The fraction of sp³-hybridized carbons (Fsp3) is 0.500. The molecule has 0 fully saturated rings. The molecule has 0 aliphatic carbocycles. The van der Waals surface area contributed by atoms with Crippen LogP contribution in [0.1, 0.15) is 0 Å². The number of hydrogen-bond acceptors (Lipinski definition) is 3. The average molecular weight is 116 g/mol. The van der Waals surface area contributed by atoms with Crippen molar-refractivity contribution in [3.8, 4) is 0 Å². The van der Waals surface area contributed by atoms with Gasteiger partial charge in [-0.1, -0.05) is 0 Å². The van der Waals surface area contributed by atoms with Crippen LogP contribution in [0.15, 0.2) is 12.3 Å². The molecule has 1 rings (SSSR count). The van der Waals surface area contributed by atoms with Gasteiger partial charge in [-0.2, -0.15) is 0 Å². The number of hydrogen-bond donors (Lipinski definition) is 3. The van der Waals surface area contributed by atoms with Gasteiger partial charge in [0.1, 0.15) is 12.9 Å². The van der Waals surface area contributed by atoms with Crippen molar-refractivity contribution in [2.45, 2.75) is 6.23 Å². The average Bonchev–Trinajstić information content (AvgIpc) is 1.77. The minimum absolute atomic E-state index is 0.00954. The quantitative estimate of drug-likeness (QED) is 0.314. The van der Waals surface area contributed by atoms with Crippen LogP contribution in [0.25, 0.3) is 0 Å². The minimum Gasteiger partial charge on any atom is -0.628 e. The summed E-state index contributed by atoms with van der Waals surface area (Å²) in [7, 11) is 0. The summed E-state index contributed by atoms with van der Waals surface area (Å²) < 4.78 is 0. The number of aliphatic hydroxyl groups excluding tert-OH is 1. The van der Waals surface area contributed by atoms with Crippen LogP contribution in [0.2, 0.25) is 0 Å². The summed E-state index contributed by atoms with van der Waals surface area (Å²) >= 11 is 0. The largest absolute Gasteiger partial charge is 0.628 e. The van der Waals surface area contributed by atoms with Gasteiger partial charge in [0.15, 0.2) is 0 Å². The summed E-state index contributed by atoms with van der Waals surface area (Å²) in [5.74, 6) is 0. The zero-order valence-electron chi connectivity index (χ0n) is 4.29. The fourth-order valence-corrected chi connectivity index (χ4v) is 0.531. The lowest BCUT2D eigenvalue weighted by molar-refractivity contribution is -0.798. The Hall–Kier alpha value is -0.420. The molecule has 0 bridgehead atoms. The molecule has 4 nitrogen and oxygen atoms in total. The molecule has 2 atom stereocenters. The summed E-state index contributed by atoms with van der Waals surface area (Å²) in [6, 6.07) is 0. The van der Waals surface area contributed by atoms with Crippen molar-refractivity contribution in [1.29, 1.82) is 0 Å². The molecule has 0 aromatic heterocycles. The van der Waals surface area contributed by atoms with Crippen molar-refractivity contribution in [3.05, 3.63) is 17.5 Å². The van der Waals surface area contributed by atoms with E-state index in [1.165, 1.54) is 12.3 Å². The van der Waals surface area contributed by atoms with Gasteiger partial charge in [-0.05, 0) is 0 Å². The highest BCUT2D eigenvalue weighted by Gasteiger charge is 2.04. The highest BCUT2D eigenvalue weighted by atomic mass is 16.5. The van der Waals surface area contributed by atoms with Crippen LogP contribution < -0.4 is 10.4 Å². The van der Waals surface area contributed by atoms with Crippen molar-refractivity contribution >= 4 is 0 Å². The van der Waals surface area contributed by atoms with E-state index in [2.05, 4.69) is 5.32 Å². The lowest BCUT2D eigenvalue weighted by Crippen LogP contribution is -3.05. The van der Waals surface area contributed by atoms with Crippen molar-refractivity contribution < 1.29 is 10.2 Å². The molecule has 0 saturated heterocycles. The molecule has 1 aliphatic rings. The molecule has 0 radical (unpaired) electrons. The van der Waals surface area contributed by atoms with Crippen molar-refractivity contribution in [2.24, 2.45) is 0 Å². The third-order valence-electron chi connectivity index (χ3n) is 0.950. The molecule has 2 unspecified atom stereocenters. The highest BCUT2D eigenvalue weighted by Crippen LogP contribution is 1.77. The maximum absolute atomic E-state index is 10.3. The number of nitrogens with one attached hydrogen (secondary N) is 2. The van der Waals surface area contributed by atoms with Crippen molar-refractivity contribution in [2.75, 3.05) is 6.67 Å². The van der Waals surface area contributed by atoms with Gasteiger partial charge < -0.3 is 15.4 Å². The molecule has 46 valence electrons. The molecule has 0 spiro atoms. The molecular formula is C4H8N2O2. The third-order valence-corrected chi connectivity index (χ3v) is 0.950. The number of rotatable bonds is 0. The second kappa shape index (κ2) is 2.23. The number of hydroxylamine groups is 2. The second-order valence-electron chi connectivity index (χ2n) is 1.65. The van der Waals surface area contributed by atoms with Crippen LogP contribution in [0.5, 0.6) is 0 Å². The normalized spacial score (nSPS) is 37.8. The molecule has 0 amide bonds. The summed E-state index contributed by atoms with van der Waals surface area (Å²) in [5, 5.41) is 21.6. The van der Waals surface area contributed by atoms with E-state index in [1.54, 1.807) is 0 Å². The van der Waals surface area contributed by atoms with Gasteiger partial charge in [0.05, 0.1) is 6.20 Å². The van der Waals surface area contributed by atoms with Gasteiger partial charge in [0.2, 0.25) is 0 Å². The second-order valence-corrected chi connectivity index (χ2v) is 1.65. The topological polar surface area (TPSA) is 59.8 Å². The predicted molar refractivity (Wildman–Crippen MR) is 27.5 cm³/mol. The van der Waals surface area contributed by atoms with Gasteiger partial charge in [0.25, 0.3) is 0 Å². The Morgan fingerprint density at radius 3 is 3.00 bits per heavy atom. The molecule has 4 heteroatoms. The molecule has 8 heavy (non-hydrogen) atoms. The first-order valence-electron chi connectivity index (χ1n) is 2.41. The highest BCUT2D eigenvalue weighted by molar-refractivity contribution is 4.82. The Morgan fingerprint density at radius 2 is 2.62 bits per heavy atom. The van der Waals surface area contributed by atoms with Crippen LogP contribution in [-0.4, -0.2) is 18.0 Å². The lowest BCUT2D eigenvalue weighted by atomic mass is 10.5. The number of aliphatic hydroxyl groups is 1. The molecule has 0 aromatic rings. The van der Waals surface area contributed by atoms with E-state index in [-0.39, 0.29) is 11.7 Å². The summed E-state index contributed by atoms with van der Waals surface area (Å²) in [4.78, 5) is 0. The van der Waals surface area contributed by atoms with E-state index in [1.807, 2.05) is 0 Å². The van der Waals surface area contributed by atoms with E-state index in [0.717, 1.165) is 0 Å². The van der Waals surface area contributed by atoms with Gasteiger partial charge in [-0.3, -0.25) is 0 Å². The van der Waals surface area contributed by atoms with E-state index < -0.39 is 6.23 Å². The third kappa shape index (κ3) is 1.28. The summed E-state index contributed by atoms with van der Waals surface area (Å²) in [6.07, 6.45) is 2.17. The maximum atomic E-state index is 10.3. The molecule has 1 aliphatic heterocycles. The van der Waals surface area contributed by atoms with Crippen molar-refractivity contribution in [1.82, 2.24) is 5.32 Å². The Bertz CT molecular complexity index is 92.2. The monoisotopic (exact) mass is 116 g/mol. The Labute approximate surface area is 47.0 Å². The number of quaternary nitrogens is 1. The van der Waals surface area contributed by atoms with E-state index >= 15 is 0 Å². The first kappa shape index (κ1) is 5.71. The van der Waals surface area contributed by atoms with Crippen LogP contribution >= 0.6 is 0 Å². The first-order chi connectivity index (χ1) is 3.79. The zero-order valence-corrected chi connectivity index (χ0v) is 4.29. The van der Waals surface area contributed by atoms with Gasteiger partial charge in [0, 0.05) is 6.08 Å². The van der Waals surface area contributed by atoms with Crippen LogP contribution in [-0.2, 0) is 0 Å². The predicted octanol–water partition coefficient (Wildman–Crippen LogP) is -2.24. The molecule has 1 heterocycles. The van der Waals surface area contributed by atoms with E-state index in [0.29, 0.717) is 0 Å². The van der Waals surface area contributed by atoms with Crippen LogP contribution in [0, 0.1) is 5.21 Å². The smallest absolute Gasteiger partial charge is 0.137 e. The molecular weight excluding hydrogens is 108 g/mol. The van der Waals surface area contributed by atoms with Gasteiger partial charge >= 0.3 is 0 Å². The lowest BCUT2D eigenvalue weighted by Gasteiger charge is -2.23. The summed E-state index contributed by atoms with van der Waals surface area (Å²) in [6.45, 7) is 0.248. The zero-order chi connectivity index (χ0) is 5.98. The van der Waals surface area contributed by atoms with Crippen LogP contribution in [0.4, 0.5) is 0 Å². The summed E-state index contributed by atoms with van der Waals surface area (Å²) in [5.41, 5.74) is 0. The standard InChI is InChI=1S/C4H8N2O2/c7-4-1-2-6(8)3-5-4/h1-2,4-7H,3H2. The Morgan fingerprint density at radius 1 is 1.88 bits per heavy atom. The van der Waals surface area contributed by atoms with E-state index in [4.69, 9.17) is 5.11 Å². The minimum atomic E-state index is -0.632. The Balaban J connectivity index is 2.42. The first-order valence-corrected chi connectivity index (χ1v) is 2.41. The molecule has 0 aromatic carbocycles.